The SMILES string of the molecule is N#Cc1ccnnc1Oc1ccc(C(=O)CN2C(=O)NC3(CCC(F)(F)CC3)C2=O)cc1. The first-order valence-corrected chi connectivity index (χ1v) is 9.78. The minimum absolute atomic E-state index is 0.0109. The summed E-state index contributed by atoms with van der Waals surface area (Å²) in [4.78, 5) is 38.5. The topological polar surface area (TPSA) is 125 Å². The lowest BCUT2D eigenvalue weighted by Gasteiger charge is -2.34. The minimum Gasteiger partial charge on any atom is -0.437 e. The Morgan fingerprint density at radius 2 is 1.84 bits per heavy atom. The van der Waals surface area contributed by atoms with Crippen LogP contribution >= 0.6 is 0 Å². The van der Waals surface area contributed by atoms with Crippen LogP contribution in [0.5, 0.6) is 11.6 Å². The number of alkyl halides is 2. The number of nitriles is 1. The number of hydrogen-bond acceptors (Lipinski definition) is 7. The maximum absolute atomic E-state index is 13.5. The summed E-state index contributed by atoms with van der Waals surface area (Å²) >= 11 is 0. The van der Waals surface area contributed by atoms with Crippen molar-refractivity contribution in [1.29, 1.82) is 5.26 Å². The highest BCUT2D eigenvalue weighted by Crippen LogP contribution is 2.41. The molecule has 32 heavy (non-hydrogen) atoms. The van der Waals surface area contributed by atoms with Crippen LogP contribution in [0.25, 0.3) is 0 Å². The molecule has 0 unspecified atom stereocenters. The van der Waals surface area contributed by atoms with Crippen LogP contribution in [0, 0.1) is 11.3 Å². The zero-order valence-electron chi connectivity index (χ0n) is 16.7. The van der Waals surface area contributed by atoms with Gasteiger partial charge in [0.1, 0.15) is 22.9 Å². The molecule has 2 aromatic rings. The van der Waals surface area contributed by atoms with E-state index in [0.717, 1.165) is 4.90 Å². The van der Waals surface area contributed by atoms with Crippen molar-refractivity contribution >= 4 is 17.7 Å². The molecule has 2 aliphatic rings. The number of imide groups is 1. The maximum atomic E-state index is 13.5. The zero-order valence-corrected chi connectivity index (χ0v) is 16.7. The van der Waals surface area contributed by atoms with Crippen molar-refractivity contribution < 1.29 is 27.9 Å². The highest BCUT2D eigenvalue weighted by molar-refractivity contribution is 6.11. The van der Waals surface area contributed by atoms with Gasteiger partial charge in [-0.3, -0.25) is 14.5 Å². The molecule has 0 atom stereocenters. The van der Waals surface area contributed by atoms with E-state index in [-0.39, 0.29) is 29.8 Å². The molecule has 1 aliphatic heterocycles. The van der Waals surface area contributed by atoms with Crippen LogP contribution in [0.3, 0.4) is 0 Å². The van der Waals surface area contributed by atoms with Gasteiger partial charge in [-0.05, 0) is 43.2 Å². The number of rotatable bonds is 5. The smallest absolute Gasteiger partial charge is 0.325 e. The third kappa shape index (κ3) is 3.99. The first-order chi connectivity index (χ1) is 15.2. The average Bonchev–Trinajstić information content (AvgIpc) is 3.01. The Balaban J connectivity index is 1.42. The first kappa shape index (κ1) is 21.3. The Morgan fingerprint density at radius 1 is 1.16 bits per heavy atom. The van der Waals surface area contributed by atoms with E-state index in [0.29, 0.717) is 5.75 Å². The summed E-state index contributed by atoms with van der Waals surface area (Å²) < 4.78 is 32.5. The fraction of sp³-hybridized carbons (Fsp3) is 0.333. The van der Waals surface area contributed by atoms with Crippen LogP contribution in [0.1, 0.15) is 41.6 Å². The second kappa shape index (κ2) is 7.96. The van der Waals surface area contributed by atoms with Gasteiger partial charge in [0.25, 0.3) is 11.8 Å². The Kier molecular flexibility index (Phi) is 5.30. The van der Waals surface area contributed by atoms with E-state index in [9.17, 15) is 23.2 Å². The van der Waals surface area contributed by atoms with Gasteiger partial charge in [-0.1, -0.05) is 0 Å². The summed E-state index contributed by atoms with van der Waals surface area (Å²) in [5.41, 5.74) is -0.965. The Bertz CT molecular complexity index is 1120. The van der Waals surface area contributed by atoms with Crippen molar-refractivity contribution in [3.05, 3.63) is 47.7 Å². The van der Waals surface area contributed by atoms with Gasteiger partial charge in [0.15, 0.2) is 5.78 Å². The van der Waals surface area contributed by atoms with Crippen LogP contribution in [-0.4, -0.2) is 50.8 Å². The molecule has 4 rings (SSSR count). The quantitative estimate of drug-likeness (QED) is 0.559. The molecule has 2 fully saturated rings. The van der Waals surface area contributed by atoms with Gasteiger partial charge in [-0.15, -0.1) is 5.10 Å². The molecular weight excluding hydrogens is 424 g/mol. The number of halogens is 2. The monoisotopic (exact) mass is 441 g/mol. The van der Waals surface area contributed by atoms with Gasteiger partial charge < -0.3 is 10.1 Å². The summed E-state index contributed by atoms with van der Waals surface area (Å²) in [5.74, 6) is -3.70. The molecule has 2 heterocycles. The van der Waals surface area contributed by atoms with Crippen molar-refractivity contribution in [2.24, 2.45) is 0 Å². The molecule has 0 radical (unpaired) electrons. The highest BCUT2D eigenvalue weighted by atomic mass is 19.3. The standard InChI is InChI=1S/C21H17F2N5O4/c22-21(23)8-6-20(7-9-21)18(30)28(19(31)26-20)12-16(29)13-1-3-15(4-2-13)32-17-14(11-24)5-10-25-27-17/h1-5,10H,6-9,12H2,(H,26,31). The summed E-state index contributed by atoms with van der Waals surface area (Å²) in [7, 11) is 0. The Labute approximate surface area is 181 Å². The van der Waals surface area contributed by atoms with Crippen LogP contribution in [0.4, 0.5) is 13.6 Å². The molecule has 1 saturated carbocycles. The molecule has 3 amide bonds. The highest BCUT2D eigenvalue weighted by Gasteiger charge is 2.55. The average molecular weight is 441 g/mol. The number of amides is 3. The maximum Gasteiger partial charge on any atom is 0.325 e. The lowest BCUT2D eigenvalue weighted by Crippen LogP contribution is -2.51. The number of carbonyl (C=O) groups excluding carboxylic acids is 3. The lowest BCUT2D eigenvalue weighted by atomic mass is 9.80. The van der Waals surface area contributed by atoms with Gasteiger partial charge >= 0.3 is 6.03 Å². The van der Waals surface area contributed by atoms with E-state index in [4.69, 9.17) is 10.00 Å². The summed E-state index contributed by atoms with van der Waals surface area (Å²) in [6.45, 7) is -0.508. The number of aromatic nitrogens is 2. The number of carbonyl (C=O) groups is 3. The number of urea groups is 1. The van der Waals surface area contributed by atoms with Gasteiger partial charge in [0.2, 0.25) is 5.92 Å². The van der Waals surface area contributed by atoms with Crippen molar-refractivity contribution in [3.8, 4) is 17.7 Å². The number of ketones is 1. The Morgan fingerprint density at radius 3 is 2.50 bits per heavy atom. The molecular formula is C21H17F2N5O4. The number of benzene rings is 1. The van der Waals surface area contributed by atoms with Gasteiger partial charge in [-0.2, -0.15) is 10.4 Å². The van der Waals surface area contributed by atoms with Crippen molar-refractivity contribution in [1.82, 2.24) is 20.4 Å². The molecule has 11 heteroatoms. The summed E-state index contributed by atoms with van der Waals surface area (Å²) in [6, 6.07) is 8.43. The number of nitrogens with zero attached hydrogens (tertiary/aromatic N) is 4. The van der Waals surface area contributed by atoms with Crippen molar-refractivity contribution in [3.63, 3.8) is 0 Å². The van der Waals surface area contributed by atoms with Gasteiger partial charge in [0.05, 0.1) is 12.7 Å². The third-order valence-corrected chi connectivity index (χ3v) is 5.58. The van der Waals surface area contributed by atoms with E-state index in [1.165, 1.54) is 36.5 Å². The number of nitrogens with one attached hydrogen (secondary N) is 1. The van der Waals surface area contributed by atoms with Gasteiger partial charge in [0, 0.05) is 18.4 Å². The summed E-state index contributed by atoms with van der Waals surface area (Å²) in [5, 5.41) is 19.0. The second-order valence-electron chi connectivity index (χ2n) is 7.67. The largest absolute Gasteiger partial charge is 0.437 e. The fourth-order valence-electron chi connectivity index (χ4n) is 3.74. The first-order valence-electron chi connectivity index (χ1n) is 9.78. The normalized spacial score (nSPS) is 18.8. The molecule has 1 saturated heterocycles. The molecule has 0 bridgehead atoms. The van der Waals surface area contributed by atoms with Crippen molar-refractivity contribution in [2.45, 2.75) is 37.1 Å². The second-order valence-corrected chi connectivity index (χ2v) is 7.67. The van der Waals surface area contributed by atoms with E-state index in [1.54, 1.807) is 0 Å². The molecule has 9 nitrogen and oxygen atoms in total. The fourth-order valence-corrected chi connectivity index (χ4v) is 3.74. The lowest BCUT2D eigenvalue weighted by molar-refractivity contribution is -0.135. The molecule has 164 valence electrons. The Hall–Kier alpha value is -3.94. The van der Waals surface area contributed by atoms with Crippen LogP contribution in [0.15, 0.2) is 36.5 Å². The predicted octanol–water partition coefficient (Wildman–Crippen LogP) is 2.82. The molecule has 1 aliphatic carbocycles. The summed E-state index contributed by atoms with van der Waals surface area (Å²) in [6.07, 6.45) is 0.0117. The van der Waals surface area contributed by atoms with Gasteiger partial charge in [-0.25, -0.2) is 13.6 Å². The van der Waals surface area contributed by atoms with Crippen molar-refractivity contribution in [2.75, 3.05) is 6.54 Å². The number of hydrogen-bond donors (Lipinski definition) is 1. The molecule has 1 aromatic heterocycles. The minimum atomic E-state index is -2.86. The van der Waals surface area contributed by atoms with Crippen LogP contribution in [0.2, 0.25) is 0 Å². The van der Waals surface area contributed by atoms with E-state index in [1.807, 2.05) is 6.07 Å². The van der Waals surface area contributed by atoms with E-state index in [2.05, 4.69) is 15.5 Å². The van der Waals surface area contributed by atoms with E-state index < -0.39 is 48.6 Å². The van der Waals surface area contributed by atoms with Crippen LogP contribution in [-0.2, 0) is 4.79 Å². The third-order valence-electron chi connectivity index (χ3n) is 5.58. The molecule has 1 spiro atoms. The van der Waals surface area contributed by atoms with Crippen LogP contribution < -0.4 is 10.1 Å². The molecule has 1 N–H and O–H groups in total. The molecule has 1 aromatic carbocycles. The zero-order chi connectivity index (χ0) is 22.9. The number of ether oxygens (including phenoxy) is 1. The predicted molar refractivity (Wildman–Crippen MR) is 104 cm³/mol. The van der Waals surface area contributed by atoms with E-state index >= 15 is 0 Å². The number of Topliss-reactive ketones (excluding diaryl/α,β-unsaturated/α-hetero) is 1.